The zero-order valence-electron chi connectivity index (χ0n) is 10.3. The van der Waals surface area contributed by atoms with E-state index >= 15 is 0 Å². The van der Waals surface area contributed by atoms with Crippen LogP contribution in [0.3, 0.4) is 0 Å². The van der Waals surface area contributed by atoms with Crippen molar-refractivity contribution in [3.63, 3.8) is 0 Å². The Hall–Kier alpha value is -1.74. The summed E-state index contributed by atoms with van der Waals surface area (Å²) in [6, 6.07) is 14.2. The lowest BCUT2D eigenvalue weighted by atomic mass is 10.2. The molecular weight excluding hydrogens is 242 g/mol. The molecule has 0 bridgehead atoms. The fraction of sp³-hybridized carbons (Fsp3) is 0.133. The zero-order valence-corrected chi connectivity index (χ0v) is 11.1. The van der Waals surface area contributed by atoms with Crippen LogP contribution in [-0.4, -0.2) is 11.2 Å². The summed E-state index contributed by atoms with van der Waals surface area (Å²) in [6.07, 6.45) is 2.06. The van der Waals surface area contributed by atoms with Crippen molar-refractivity contribution in [1.29, 1.82) is 0 Å². The molecule has 3 aromatic rings. The fourth-order valence-electron chi connectivity index (χ4n) is 1.97. The van der Waals surface area contributed by atoms with E-state index in [2.05, 4.69) is 24.2 Å². The number of aromatic nitrogens is 1. The minimum absolute atomic E-state index is 0.695. The monoisotopic (exact) mass is 255 g/mol. The second-order valence-electron chi connectivity index (χ2n) is 4.19. The minimum Gasteiger partial charge on any atom is -0.436 e. The Labute approximate surface area is 110 Å². The molecule has 0 atom stereocenters. The standard InChI is InChI=1S/C15H13NOS/c1-10-7-8-13-12(9-10)16-15(17-13)11-5-3-4-6-14(11)18-2/h3-9H,1-2H3. The summed E-state index contributed by atoms with van der Waals surface area (Å²) in [4.78, 5) is 5.75. The molecule has 3 rings (SSSR count). The van der Waals surface area contributed by atoms with E-state index in [1.165, 1.54) is 10.5 Å². The number of nitrogens with zero attached hydrogens (tertiary/aromatic N) is 1. The maximum Gasteiger partial charge on any atom is 0.228 e. The molecule has 0 unspecified atom stereocenters. The largest absolute Gasteiger partial charge is 0.436 e. The van der Waals surface area contributed by atoms with Crippen LogP contribution in [0.25, 0.3) is 22.6 Å². The van der Waals surface area contributed by atoms with Gasteiger partial charge < -0.3 is 4.42 Å². The van der Waals surface area contributed by atoms with Gasteiger partial charge in [0.25, 0.3) is 0 Å². The molecule has 0 aliphatic carbocycles. The molecule has 0 spiro atoms. The van der Waals surface area contributed by atoms with E-state index in [0.717, 1.165) is 16.7 Å². The highest BCUT2D eigenvalue weighted by atomic mass is 32.2. The second-order valence-corrected chi connectivity index (χ2v) is 5.04. The lowest BCUT2D eigenvalue weighted by Gasteiger charge is -2.01. The normalized spacial score (nSPS) is 11.0. The molecule has 0 saturated carbocycles. The number of fused-ring (bicyclic) bond motifs is 1. The second kappa shape index (κ2) is 4.50. The Morgan fingerprint density at radius 2 is 1.94 bits per heavy atom. The Kier molecular flexibility index (Phi) is 2.84. The topological polar surface area (TPSA) is 26.0 Å². The van der Waals surface area contributed by atoms with Crippen LogP contribution in [-0.2, 0) is 0 Å². The van der Waals surface area contributed by atoms with Gasteiger partial charge >= 0.3 is 0 Å². The van der Waals surface area contributed by atoms with Crippen molar-refractivity contribution in [2.24, 2.45) is 0 Å². The summed E-state index contributed by atoms with van der Waals surface area (Å²) >= 11 is 1.70. The summed E-state index contributed by atoms with van der Waals surface area (Å²) < 4.78 is 5.83. The molecule has 2 nitrogen and oxygen atoms in total. The van der Waals surface area contributed by atoms with Gasteiger partial charge in [-0.25, -0.2) is 4.98 Å². The van der Waals surface area contributed by atoms with Gasteiger partial charge in [0.15, 0.2) is 5.58 Å². The number of oxazole rings is 1. The lowest BCUT2D eigenvalue weighted by Crippen LogP contribution is -1.80. The summed E-state index contributed by atoms with van der Waals surface area (Å²) in [5.74, 6) is 0.695. The van der Waals surface area contributed by atoms with Crippen LogP contribution in [0.1, 0.15) is 5.56 Å². The van der Waals surface area contributed by atoms with Crippen LogP contribution in [0.5, 0.6) is 0 Å². The third kappa shape index (κ3) is 1.91. The molecule has 0 aliphatic rings. The highest BCUT2D eigenvalue weighted by Gasteiger charge is 2.11. The third-order valence-corrected chi connectivity index (χ3v) is 3.68. The summed E-state index contributed by atoms with van der Waals surface area (Å²) in [7, 11) is 0. The number of hydrogen-bond acceptors (Lipinski definition) is 3. The maximum atomic E-state index is 5.83. The number of hydrogen-bond donors (Lipinski definition) is 0. The van der Waals surface area contributed by atoms with Crippen LogP contribution < -0.4 is 0 Å². The molecule has 2 aromatic carbocycles. The van der Waals surface area contributed by atoms with E-state index in [-0.39, 0.29) is 0 Å². The van der Waals surface area contributed by atoms with Gasteiger partial charge in [0.1, 0.15) is 5.52 Å². The maximum absolute atomic E-state index is 5.83. The molecule has 1 heterocycles. The van der Waals surface area contributed by atoms with Crippen molar-refractivity contribution < 1.29 is 4.42 Å². The van der Waals surface area contributed by atoms with E-state index in [9.17, 15) is 0 Å². The number of rotatable bonds is 2. The Bertz CT molecular complexity index is 703. The lowest BCUT2D eigenvalue weighted by molar-refractivity contribution is 0.618. The average Bonchev–Trinajstić information content (AvgIpc) is 2.81. The third-order valence-electron chi connectivity index (χ3n) is 2.88. The minimum atomic E-state index is 0.695. The molecule has 3 heteroatoms. The first-order chi connectivity index (χ1) is 8.78. The molecule has 0 fully saturated rings. The predicted octanol–water partition coefficient (Wildman–Crippen LogP) is 4.53. The first-order valence-corrected chi connectivity index (χ1v) is 7.01. The van der Waals surface area contributed by atoms with Crippen molar-refractivity contribution in [2.75, 3.05) is 6.26 Å². The van der Waals surface area contributed by atoms with Crippen molar-refractivity contribution in [2.45, 2.75) is 11.8 Å². The fourth-order valence-corrected chi connectivity index (χ4v) is 2.56. The van der Waals surface area contributed by atoms with Crippen molar-refractivity contribution >= 4 is 22.9 Å². The van der Waals surface area contributed by atoms with Gasteiger partial charge in [-0.3, -0.25) is 0 Å². The van der Waals surface area contributed by atoms with Gasteiger partial charge in [-0.2, -0.15) is 0 Å². The summed E-state index contributed by atoms with van der Waals surface area (Å²) in [5.41, 5.74) is 4.01. The predicted molar refractivity (Wildman–Crippen MR) is 76.0 cm³/mol. The van der Waals surface area contributed by atoms with Crippen LogP contribution in [0, 0.1) is 6.92 Å². The Balaban J connectivity index is 2.19. The van der Waals surface area contributed by atoms with Gasteiger partial charge in [0.05, 0.1) is 5.56 Å². The smallest absolute Gasteiger partial charge is 0.228 e. The quantitative estimate of drug-likeness (QED) is 0.629. The van der Waals surface area contributed by atoms with E-state index < -0.39 is 0 Å². The number of thioether (sulfide) groups is 1. The van der Waals surface area contributed by atoms with Gasteiger partial charge in [-0.05, 0) is 43.0 Å². The van der Waals surface area contributed by atoms with E-state index in [4.69, 9.17) is 4.42 Å². The molecule has 0 aliphatic heterocycles. The molecular formula is C15H13NOS. The Morgan fingerprint density at radius 1 is 1.11 bits per heavy atom. The van der Waals surface area contributed by atoms with E-state index in [1.54, 1.807) is 11.8 Å². The highest BCUT2D eigenvalue weighted by Crippen LogP contribution is 2.31. The SMILES string of the molecule is CSc1ccccc1-c1nc2cc(C)ccc2o1. The number of benzene rings is 2. The van der Waals surface area contributed by atoms with Crippen LogP contribution >= 0.6 is 11.8 Å². The van der Waals surface area contributed by atoms with Gasteiger partial charge in [0, 0.05) is 4.90 Å². The van der Waals surface area contributed by atoms with Crippen molar-refractivity contribution in [1.82, 2.24) is 4.98 Å². The van der Waals surface area contributed by atoms with Crippen molar-refractivity contribution in [3.05, 3.63) is 48.0 Å². The first kappa shape index (κ1) is 11.4. The van der Waals surface area contributed by atoms with Crippen LogP contribution in [0.4, 0.5) is 0 Å². The van der Waals surface area contributed by atoms with E-state index in [1.807, 2.05) is 36.4 Å². The zero-order chi connectivity index (χ0) is 12.5. The molecule has 18 heavy (non-hydrogen) atoms. The van der Waals surface area contributed by atoms with E-state index in [0.29, 0.717) is 5.89 Å². The molecule has 0 saturated heterocycles. The number of aryl methyl sites for hydroxylation is 1. The van der Waals surface area contributed by atoms with Gasteiger partial charge in [-0.15, -0.1) is 11.8 Å². The molecule has 90 valence electrons. The van der Waals surface area contributed by atoms with Crippen LogP contribution in [0.2, 0.25) is 0 Å². The van der Waals surface area contributed by atoms with Gasteiger partial charge in [-0.1, -0.05) is 18.2 Å². The highest BCUT2D eigenvalue weighted by molar-refractivity contribution is 7.98. The Morgan fingerprint density at radius 3 is 2.78 bits per heavy atom. The van der Waals surface area contributed by atoms with Gasteiger partial charge in [0.2, 0.25) is 5.89 Å². The molecule has 0 radical (unpaired) electrons. The van der Waals surface area contributed by atoms with Crippen LogP contribution in [0.15, 0.2) is 51.8 Å². The molecule has 1 aromatic heterocycles. The van der Waals surface area contributed by atoms with Crippen molar-refractivity contribution in [3.8, 4) is 11.5 Å². The first-order valence-electron chi connectivity index (χ1n) is 5.78. The average molecular weight is 255 g/mol. The summed E-state index contributed by atoms with van der Waals surface area (Å²) in [6.45, 7) is 2.06. The molecule has 0 amide bonds. The molecule has 0 N–H and O–H groups in total. The summed E-state index contributed by atoms with van der Waals surface area (Å²) in [5, 5.41) is 0.